The molecule has 16 aromatic rings. The Morgan fingerprint density at radius 3 is 1.41 bits per heavy atom. The average molecular weight is 2160 g/mol. The number of rotatable bonds is 17. The number of ether oxygens (including phenoxy) is 2. The molecule has 1 saturated heterocycles. The van der Waals surface area contributed by atoms with Crippen molar-refractivity contribution in [2.75, 3.05) is 36.0 Å². The number of anilines is 2. The molecule has 150 heavy (non-hydrogen) atoms. The molecule has 9 aliphatic rings. The largest absolute Gasteiger partial charge is 1.00 e. The SMILES string of the molecule is CB1OCc2ccc(Oc3ccc(C)cc3)cc21.CB1OCc2ccc(S(=O)(=O)c3ccc(Cl)cc3)cc21.CB1OCc2ccc(S(=O)c3ccc(Cl)cc3)cc21.CB1OCc2ccc(Sc3ccc(Cl)cc3)cc21.CB1OCc2cccc(OCc3ccccc3)c21.OB1CCc2ccc(N3CCN(c4ncccn4)CC3)cc21.OB1CCc2ccc(Sc3cc[nH+]cc3)cc21.OB1CCc2ccc(Sc3ccccn3)cc21.[Cl-]. The summed E-state index contributed by atoms with van der Waals surface area (Å²) in [5.74, 6) is 3.50. The van der Waals surface area contributed by atoms with Gasteiger partial charge in [0.05, 0.1) is 53.6 Å². The lowest BCUT2D eigenvalue weighted by Crippen LogP contribution is -3.00. The van der Waals surface area contributed by atoms with E-state index in [2.05, 4.69) is 172 Å². The molecule has 9 aliphatic heterocycles. The van der Waals surface area contributed by atoms with Crippen molar-refractivity contribution in [2.45, 2.75) is 168 Å². The highest BCUT2D eigenvalue weighted by molar-refractivity contribution is 8.00. The van der Waals surface area contributed by atoms with Gasteiger partial charge < -0.3 is 70.0 Å². The molecule has 0 amide bonds. The van der Waals surface area contributed by atoms with Gasteiger partial charge >= 0.3 is 55.3 Å². The smallest absolute Gasteiger partial charge is 0.327 e. The van der Waals surface area contributed by atoms with E-state index in [1.54, 1.807) is 102 Å². The number of hydrogen-bond donors (Lipinski definition) is 3. The van der Waals surface area contributed by atoms with Crippen molar-refractivity contribution in [3.8, 4) is 17.2 Å². The van der Waals surface area contributed by atoms with Crippen molar-refractivity contribution in [1.29, 1.82) is 0 Å². The minimum Gasteiger partial charge on any atom is -1.00 e. The molecule has 12 heterocycles. The number of piperazine rings is 1. The molecule has 0 aliphatic carbocycles. The van der Waals surface area contributed by atoms with E-state index in [0.29, 0.717) is 43.1 Å². The fraction of sp³-hybridized carbons (Fsp3) is 0.193. The summed E-state index contributed by atoms with van der Waals surface area (Å²) in [5, 5.41) is 32.7. The molecule has 25 rings (SSSR count). The molecule has 1 unspecified atom stereocenters. The molecular weight excluding hydrogens is 2050 g/mol. The summed E-state index contributed by atoms with van der Waals surface area (Å²) >= 11 is 22.6. The number of benzene rings is 13. The molecule has 19 nitrogen and oxygen atoms in total. The minimum absolute atomic E-state index is 0. The highest BCUT2D eigenvalue weighted by Crippen LogP contribution is 2.35. The second-order valence-electron chi connectivity index (χ2n) is 37.4. The van der Waals surface area contributed by atoms with E-state index >= 15 is 0 Å². The van der Waals surface area contributed by atoms with Crippen LogP contribution in [0.3, 0.4) is 0 Å². The molecule has 3 aromatic heterocycles. The van der Waals surface area contributed by atoms with E-state index in [-0.39, 0.29) is 77.5 Å². The average Bonchev–Trinajstić information content (AvgIpc) is 1.34. The first-order chi connectivity index (χ1) is 72.4. The van der Waals surface area contributed by atoms with E-state index in [0.717, 1.165) is 152 Å². The van der Waals surface area contributed by atoms with Crippen molar-refractivity contribution in [1.82, 2.24) is 15.0 Å². The van der Waals surface area contributed by atoms with Gasteiger partial charge in [0.15, 0.2) is 12.4 Å². The predicted octanol–water partition coefficient (Wildman–Crippen LogP) is 15.9. The zero-order chi connectivity index (χ0) is 103. The van der Waals surface area contributed by atoms with Gasteiger partial charge in [0, 0.05) is 112 Å². The number of nitrogens with zero attached hydrogens (tertiary/aromatic N) is 5. The van der Waals surface area contributed by atoms with Crippen LogP contribution < -0.4 is 80.4 Å². The second kappa shape index (κ2) is 52.5. The van der Waals surface area contributed by atoms with Crippen molar-refractivity contribution < 1.29 is 77.8 Å². The number of aromatic amines is 1. The van der Waals surface area contributed by atoms with Gasteiger partial charge in [-0.25, -0.2) is 32.6 Å². The fourth-order valence-corrected chi connectivity index (χ4v) is 24.2. The zero-order valence-corrected chi connectivity index (χ0v) is 91.1. The van der Waals surface area contributed by atoms with Crippen molar-refractivity contribution >= 4 is 201 Å². The molecule has 0 spiro atoms. The van der Waals surface area contributed by atoms with E-state index in [1.165, 1.54) is 104 Å². The lowest BCUT2D eigenvalue weighted by Gasteiger charge is -2.36. The van der Waals surface area contributed by atoms with Gasteiger partial charge in [-0.05, 0) is 298 Å². The zero-order valence-electron chi connectivity index (χ0n) is 84.0. The Morgan fingerprint density at radius 2 is 0.833 bits per heavy atom. The Morgan fingerprint density at radius 1 is 0.393 bits per heavy atom. The molecule has 13 aromatic carbocycles. The van der Waals surface area contributed by atoms with E-state index < -0.39 is 20.6 Å². The summed E-state index contributed by atoms with van der Waals surface area (Å²) in [4.78, 5) is 28.6. The normalized spacial score (nSPS) is 14.5. The van der Waals surface area contributed by atoms with Crippen molar-refractivity contribution in [3.05, 3.63) is 411 Å². The number of aromatic nitrogens is 4. The molecule has 1 fully saturated rings. The Balaban J connectivity index is 0.000000117. The number of nitrogens with one attached hydrogen (secondary N) is 1. The highest BCUT2D eigenvalue weighted by Gasteiger charge is 2.34. The van der Waals surface area contributed by atoms with Crippen LogP contribution >= 0.6 is 70.1 Å². The third-order valence-electron chi connectivity index (χ3n) is 27.2. The van der Waals surface area contributed by atoms with Crippen LogP contribution in [0.25, 0.3) is 0 Å². The van der Waals surface area contributed by atoms with Gasteiger partial charge in [0.25, 0.3) is 0 Å². The van der Waals surface area contributed by atoms with Crippen molar-refractivity contribution in [3.63, 3.8) is 0 Å². The van der Waals surface area contributed by atoms with E-state index in [4.69, 9.17) is 67.5 Å². The maximum absolute atomic E-state index is 12.6. The Hall–Kier alpha value is -11.1. The van der Waals surface area contributed by atoms with Crippen LogP contribution in [0.15, 0.2) is 389 Å². The third-order valence-corrected chi connectivity index (χ3v) is 34.1. The van der Waals surface area contributed by atoms with Crippen LogP contribution in [-0.2, 0) is 103 Å². The summed E-state index contributed by atoms with van der Waals surface area (Å²) in [7, 11) is -4.69. The monoisotopic (exact) mass is 2160 g/mol. The lowest BCUT2D eigenvalue weighted by molar-refractivity contribution is -0.378. The summed E-state index contributed by atoms with van der Waals surface area (Å²) in [6.07, 6.45) is 14.8. The fourth-order valence-electron chi connectivity index (χ4n) is 18.9. The van der Waals surface area contributed by atoms with Gasteiger partial charge in [0.1, 0.15) is 28.9 Å². The number of pyridine rings is 2. The molecule has 0 bridgehead atoms. The van der Waals surface area contributed by atoms with Gasteiger partial charge in [-0.2, -0.15) is 0 Å². The lowest BCUT2D eigenvalue weighted by atomic mass is 9.63. The van der Waals surface area contributed by atoms with E-state index in [1.807, 2.05) is 159 Å². The second-order valence-corrected chi connectivity index (χ2v) is 45.5. The number of sulfone groups is 1. The number of aryl methyl sites for hydroxylation is 4. The quantitative estimate of drug-likeness (QED) is 0.0719. The molecule has 0 saturated carbocycles. The summed E-state index contributed by atoms with van der Waals surface area (Å²) in [6.45, 7) is 19.6. The van der Waals surface area contributed by atoms with Gasteiger partial charge in [-0.1, -0.05) is 248 Å². The maximum Gasteiger partial charge on any atom is 0.327 e. The summed E-state index contributed by atoms with van der Waals surface area (Å²) in [6, 6.07) is 101. The highest BCUT2D eigenvalue weighted by atomic mass is 35.5. The summed E-state index contributed by atoms with van der Waals surface area (Å²) in [5.41, 5.74) is 22.7. The predicted molar refractivity (Wildman–Crippen MR) is 613 cm³/mol. The number of hydrogen-bond acceptors (Lipinski definition) is 21. The van der Waals surface area contributed by atoms with Crippen LogP contribution in [0.4, 0.5) is 11.6 Å². The molecule has 756 valence electrons. The molecular formula is C114H110B8Cl4N6O13S5. The number of fused-ring (bicyclic) bond motifs is 8. The Kier molecular flexibility index (Phi) is 38.6. The van der Waals surface area contributed by atoms with Crippen molar-refractivity contribution in [2.24, 2.45) is 0 Å². The molecule has 4 N–H and O–H groups in total. The third kappa shape index (κ3) is 28.7. The Labute approximate surface area is 918 Å². The maximum atomic E-state index is 12.6. The van der Waals surface area contributed by atoms with Crippen LogP contribution in [0.5, 0.6) is 17.2 Å². The number of H-pyrrole nitrogens is 1. The van der Waals surface area contributed by atoms with Crippen LogP contribution in [0.1, 0.15) is 55.6 Å². The van der Waals surface area contributed by atoms with Gasteiger partial charge in [-0.3, -0.25) is 0 Å². The van der Waals surface area contributed by atoms with Crippen LogP contribution in [0, 0.1) is 6.92 Å². The first-order valence-electron chi connectivity index (χ1n) is 50.0. The van der Waals surface area contributed by atoms with Crippen LogP contribution in [-0.4, -0.2) is 124 Å². The minimum atomic E-state index is -3.51. The van der Waals surface area contributed by atoms with Crippen LogP contribution in [0.2, 0.25) is 68.1 Å². The molecule has 36 heteroatoms. The van der Waals surface area contributed by atoms with Gasteiger partial charge in [0.2, 0.25) is 15.8 Å². The Bertz CT molecular complexity index is 7230. The standard InChI is InChI=1S/C16H19BN4O.2C15H15BO2.C14H12BClO3S.C14H12BClO2S.C14H12BClOS.2C13H12BNOS.ClH/c22-17-5-4-13-2-3-14(12-15(13)17)20-8-10-21(11-9-20)16-18-6-1-7-19-16;1-11-3-6-13(7-4-11)18-14-8-5-12-10-17-16(2)15(12)9-14;1-16-15-13(11-18-16)8-5-9-14(15)17-10-12-6-3-2-4-7-12;1-15-14-8-13(5-2-10(14)9-19-15)20(17,18)12-6-3-11(16)4-7-12;1-15-14-8-13(5-2-10(14)9-18-15)19(17)12-6-3-11(16)4-7-12;1-15-14-8-13(5-2-10(14)9-17-15)18-12-6-3-11(16)4-7-12;16-14-6-3-10-1-2-12(9-13(10)14)17-11-4-7-15-8-5-11;16-14-7-6-10-4-5-11(9-12(10)14)17-13-3-1-2-8-15-13;/h1-3,6-7,12,22H,4-5,8-11H2;3-9H,10H2,1-2H3;2-9H,10-11H2,1H3;2-8H,9H2,1H3;2-8H,9H2,1H3;2-8H,9H2,1H3;1-2,4-5,7-9,16H,3,6H2;1-5,8-9,16H,6-7H2;1H. The molecule has 0 radical (unpaired) electrons. The first-order valence-corrected chi connectivity index (χ1v) is 56.3. The van der Waals surface area contributed by atoms with E-state index in [9.17, 15) is 27.7 Å². The van der Waals surface area contributed by atoms with Gasteiger partial charge in [-0.15, -0.1) is 0 Å². The summed E-state index contributed by atoms with van der Waals surface area (Å²) < 4.78 is 77.3. The topological polar surface area (TPSA) is 236 Å². The number of halogens is 4. The molecule has 1 atom stereocenters. The first kappa shape index (κ1) is 110.